The van der Waals surface area contributed by atoms with Crippen LogP contribution in [-0.2, 0) is 16.0 Å². The monoisotopic (exact) mass is 347 g/mol. The van der Waals surface area contributed by atoms with Crippen LogP contribution < -0.4 is 10.6 Å². The number of benzene rings is 2. The number of aromatic nitrogens is 1. The first kappa shape index (κ1) is 16.7. The number of nitrogens with zero attached hydrogens (tertiary/aromatic N) is 1. The quantitative estimate of drug-likeness (QED) is 0.761. The molecule has 2 heterocycles. The first-order valence-electron chi connectivity index (χ1n) is 8.83. The molecule has 1 aromatic heterocycles. The van der Waals surface area contributed by atoms with Crippen molar-refractivity contribution in [3.63, 3.8) is 0 Å². The zero-order valence-electron chi connectivity index (χ0n) is 14.4. The minimum atomic E-state index is -0.0262. The lowest BCUT2D eigenvalue weighted by molar-refractivity contribution is -0.115. The summed E-state index contributed by atoms with van der Waals surface area (Å²) >= 11 is 0. The van der Waals surface area contributed by atoms with Crippen molar-refractivity contribution in [2.45, 2.75) is 12.5 Å². The van der Waals surface area contributed by atoms with E-state index in [2.05, 4.69) is 15.6 Å². The summed E-state index contributed by atoms with van der Waals surface area (Å²) in [6.07, 6.45) is 4.02. The molecule has 1 aliphatic heterocycles. The van der Waals surface area contributed by atoms with Crippen molar-refractivity contribution in [3.05, 3.63) is 72.1 Å². The number of fused-ring (bicyclic) bond motifs is 1. The van der Waals surface area contributed by atoms with Crippen molar-refractivity contribution < 1.29 is 9.53 Å². The Bertz CT molecular complexity index is 903. The Balaban J connectivity index is 1.39. The predicted octanol–water partition coefficient (Wildman–Crippen LogP) is 3.08. The van der Waals surface area contributed by atoms with Crippen LogP contribution in [0.2, 0.25) is 0 Å². The van der Waals surface area contributed by atoms with Gasteiger partial charge in [0.1, 0.15) is 0 Å². The van der Waals surface area contributed by atoms with Gasteiger partial charge < -0.3 is 15.4 Å². The van der Waals surface area contributed by atoms with E-state index in [-0.39, 0.29) is 12.0 Å². The number of amides is 1. The van der Waals surface area contributed by atoms with Gasteiger partial charge >= 0.3 is 0 Å². The lowest BCUT2D eigenvalue weighted by Gasteiger charge is -2.24. The second-order valence-corrected chi connectivity index (χ2v) is 6.47. The van der Waals surface area contributed by atoms with E-state index >= 15 is 0 Å². The fourth-order valence-corrected chi connectivity index (χ4v) is 3.19. The van der Waals surface area contributed by atoms with E-state index in [1.807, 2.05) is 54.7 Å². The van der Waals surface area contributed by atoms with Crippen LogP contribution in [-0.4, -0.2) is 30.6 Å². The highest BCUT2D eigenvalue weighted by atomic mass is 16.5. The molecule has 0 bridgehead atoms. The number of carbonyl (C=O) groups is 1. The minimum absolute atomic E-state index is 0.0262. The highest BCUT2D eigenvalue weighted by molar-refractivity contribution is 5.93. The van der Waals surface area contributed by atoms with Gasteiger partial charge in [-0.3, -0.25) is 9.78 Å². The van der Waals surface area contributed by atoms with Gasteiger partial charge in [0.15, 0.2) is 0 Å². The molecule has 2 N–H and O–H groups in total. The van der Waals surface area contributed by atoms with Crippen LogP contribution in [0.4, 0.5) is 5.69 Å². The molecule has 1 amide bonds. The van der Waals surface area contributed by atoms with E-state index in [9.17, 15) is 4.79 Å². The van der Waals surface area contributed by atoms with Crippen LogP contribution >= 0.6 is 0 Å². The van der Waals surface area contributed by atoms with Crippen molar-refractivity contribution in [2.24, 2.45) is 0 Å². The molecule has 1 unspecified atom stereocenters. The van der Waals surface area contributed by atoms with Gasteiger partial charge in [-0.2, -0.15) is 0 Å². The van der Waals surface area contributed by atoms with Crippen molar-refractivity contribution >= 4 is 22.4 Å². The first-order chi connectivity index (χ1) is 12.8. The fraction of sp³-hybridized carbons (Fsp3) is 0.238. The van der Waals surface area contributed by atoms with Crippen molar-refractivity contribution in [3.8, 4) is 0 Å². The number of nitrogens with one attached hydrogen (secondary N) is 2. The number of carbonyl (C=O) groups excluding carboxylic acids is 1. The third kappa shape index (κ3) is 3.90. The molecule has 2 aromatic carbocycles. The Morgan fingerprint density at radius 1 is 1.15 bits per heavy atom. The Morgan fingerprint density at radius 3 is 2.85 bits per heavy atom. The van der Waals surface area contributed by atoms with Gasteiger partial charge in [-0.1, -0.05) is 30.3 Å². The van der Waals surface area contributed by atoms with Gasteiger partial charge in [-0.25, -0.2) is 0 Å². The zero-order chi connectivity index (χ0) is 17.8. The van der Waals surface area contributed by atoms with Gasteiger partial charge in [-0.05, 0) is 34.7 Å². The summed E-state index contributed by atoms with van der Waals surface area (Å²) in [6.45, 7) is 2.45. The Hall–Kier alpha value is -2.76. The average molecular weight is 347 g/mol. The third-order valence-electron chi connectivity index (χ3n) is 4.56. The van der Waals surface area contributed by atoms with Crippen LogP contribution in [0.1, 0.15) is 17.2 Å². The highest BCUT2D eigenvalue weighted by Crippen LogP contribution is 2.21. The summed E-state index contributed by atoms with van der Waals surface area (Å²) in [5, 5.41) is 8.45. The number of hydrogen-bond acceptors (Lipinski definition) is 4. The molecule has 1 fully saturated rings. The van der Waals surface area contributed by atoms with Crippen LogP contribution in [0, 0.1) is 0 Å². The average Bonchev–Trinajstić information content (AvgIpc) is 2.69. The molecule has 0 aliphatic carbocycles. The largest absolute Gasteiger partial charge is 0.371 e. The smallest absolute Gasteiger partial charge is 0.228 e. The predicted molar refractivity (Wildman–Crippen MR) is 102 cm³/mol. The molecular formula is C21H21N3O2. The van der Waals surface area contributed by atoms with E-state index in [1.54, 1.807) is 6.20 Å². The van der Waals surface area contributed by atoms with E-state index in [0.29, 0.717) is 6.42 Å². The van der Waals surface area contributed by atoms with Gasteiger partial charge in [0, 0.05) is 36.6 Å². The third-order valence-corrected chi connectivity index (χ3v) is 4.56. The number of anilines is 1. The minimum Gasteiger partial charge on any atom is -0.371 e. The molecule has 0 spiro atoms. The second-order valence-electron chi connectivity index (χ2n) is 6.47. The summed E-state index contributed by atoms with van der Waals surface area (Å²) in [5.41, 5.74) is 2.91. The van der Waals surface area contributed by atoms with E-state index in [4.69, 9.17) is 4.74 Å². The number of rotatable bonds is 4. The SMILES string of the molecule is O=C(Cc1ccc2cnccc2c1)Nc1ccc(C2CNCCO2)cc1. The number of morpholine rings is 1. The van der Waals surface area contributed by atoms with Gasteiger partial charge in [-0.15, -0.1) is 0 Å². The van der Waals surface area contributed by atoms with Gasteiger partial charge in [0.25, 0.3) is 0 Å². The maximum atomic E-state index is 12.3. The van der Waals surface area contributed by atoms with Crippen molar-refractivity contribution in [1.29, 1.82) is 0 Å². The van der Waals surface area contributed by atoms with E-state index in [0.717, 1.165) is 47.3 Å². The summed E-state index contributed by atoms with van der Waals surface area (Å²) in [7, 11) is 0. The lowest BCUT2D eigenvalue weighted by atomic mass is 10.1. The highest BCUT2D eigenvalue weighted by Gasteiger charge is 2.15. The van der Waals surface area contributed by atoms with Crippen molar-refractivity contribution in [2.75, 3.05) is 25.0 Å². The summed E-state index contributed by atoms with van der Waals surface area (Å²) < 4.78 is 5.74. The Labute approximate surface area is 152 Å². The molecule has 4 rings (SSSR count). The molecule has 1 atom stereocenters. The van der Waals surface area contributed by atoms with E-state index < -0.39 is 0 Å². The molecule has 1 aliphatic rings. The molecular weight excluding hydrogens is 326 g/mol. The second kappa shape index (κ2) is 7.64. The van der Waals surface area contributed by atoms with Crippen LogP contribution in [0.25, 0.3) is 10.8 Å². The maximum absolute atomic E-state index is 12.3. The Kier molecular flexibility index (Phi) is 4.91. The normalized spacial score (nSPS) is 17.2. The zero-order valence-corrected chi connectivity index (χ0v) is 14.4. The van der Waals surface area contributed by atoms with E-state index in [1.165, 1.54) is 0 Å². The lowest BCUT2D eigenvalue weighted by Crippen LogP contribution is -2.33. The van der Waals surface area contributed by atoms with Crippen molar-refractivity contribution in [1.82, 2.24) is 10.3 Å². The van der Waals surface area contributed by atoms with Crippen LogP contribution in [0.15, 0.2) is 60.9 Å². The number of hydrogen-bond donors (Lipinski definition) is 2. The van der Waals surface area contributed by atoms with Crippen LogP contribution in [0.5, 0.6) is 0 Å². The molecule has 132 valence electrons. The molecule has 0 radical (unpaired) electrons. The standard InChI is InChI=1S/C21H21N3O2/c25-21(12-15-1-2-18-13-22-8-7-17(18)11-15)24-19-5-3-16(4-6-19)20-14-23-9-10-26-20/h1-8,11,13,20,23H,9-10,12,14H2,(H,24,25). The number of pyridine rings is 1. The molecule has 5 nitrogen and oxygen atoms in total. The van der Waals surface area contributed by atoms with Gasteiger partial charge in [0.05, 0.1) is 19.1 Å². The molecule has 26 heavy (non-hydrogen) atoms. The topological polar surface area (TPSA) is 63.2 Å². The number of ether oxygens (including phenoxy) is 1. The Morgan fingerprint density at radius 2 is 2.04 bits per heavy atom. The molecule has 3 aromatic rings. The summed E-state index contributed by atoms with van der Waals surface area (Å²) in [5.74, 6) is -0.0262. The fourth-order valence-electron chi connectivity index (χ4n) is 3.19. The molecule has 5 heteroatoms. The summed E-state index contributed by atoms with van der Waals surface area (Å²) in [6, 6.07) is 15.8. The molecule has 1 saturated heterocycles. The molecule has 0 saturated carbocycles. The van der Waals surface area contributed by atoms with Gasteiger partial charge in [0.2, 0.25) is 5.91 Å². The van der Waals surface area contributed by atoms with Crippen LogP contribution in [0.3, 0.4) is 0 Å². The summed E-state index contributed by atoms with van der Waals surface area (Å²) in [4.78, 5) is 16.5. The maximum Gasteiger partial charge on any atom is 0.228 e. The first-order valence-corrected chi connectivity index (χ1v) is 8.83.